The summed E-state index contributed by atoms with van der Waals surface area (Å²) >= 11 is 0. The van der Waals surface area contributed by atoms with Crippen LogP contribution in [0.2, 0.25) is 0 Å². The van der Waals surface area contributed by atoms with Crippen LogP contribution in [0.1, 0.15) is 43.0 Å². The van der Waals surface area contributed by atoms with E-state index in [1.165, 1.54) is 76.9 Å². The van der Waals surface area contributed by atoms with Crippen LogP contribution in [0, 0.1) is 20.8 Å². The van der Waals surface area contributed by atoms with Gasteiger partial charge in [-0.3, -0.25) is 0 Å². The van der Waals surface area contributed by atoms with Crippen molar-refractivity contribution >= 4 is 132 Å². The highest BCUT2D eigenvalue weighted by Gasteiger charge is 2.43. The number of aromatic nitrogens is 3. The molecular formula is C73H50BN3O3. The fourth-order valence-corrected chi connectivity index (χ4v) is 14.8. The van der Waals surface area contributed by atoms with Crippen LogP contribution in [0.5, 0.6) is 11.5 Å². The quantitative estimate of drug-likeness (QED) is 0.166. The number of furan rings is 2. The molecule has 7 heterocycles. The molecule has 0 unspecified atom stereocenters. The average molecular weight is 1030 g/mol. The minimum Gasteiger partial charge on any atom is -0.458 e. The number of hydrogen-bond donors (Lipinski definition) is 0. The highest BCUT2D eigenvalue weighted by molar-refractivity contribution is 6.99. The van der Waals surface area contributed by atoms with Crippen molar-refractivity contribution in [1.82, 2.24) is 13.7 Å². The zero-order chi connectivity index (χ0) is 53.2. The lowest BCUT2D eigenvalue weighted by atomic mass is 9.34. The Morgan fingerprint density at radius 3 is 1.54 bits per heavy atom. The first kappa shape index (κ1) is 44.3. The topological polar surface area (TPSA) is 50.3 Å². The smallest absolute Gasteiger partial charge is 0.256 e. The van der Waals surface area contributed by atoms with Gasteiger partial charge >= 0.3 is 0 Å². The van der Waals surface area contributed by atoms with Gasteiger partial charge in [-0.1, -0.05) is 129 Å². The molecule has 0 bridgehead atoms. The average Bonchev–Trinajstić information content (AvgIpc) is 3.67. The first-order valence-electron chi connectivity index (χ1n) is 27.9. The lowest BCUT2D eigenvalue weighted by molar-refractivity contribution is 0.483. The molecule has 5 aromatic heterocycles. The van der Waals surface area contributed by atoms with E-state index in [0.29, 0.717) is 0 Å². The fourth-order valence-electron chi connectivity index (χ4n) is 14.8. The molecule has 0 fully saturated rings. The number of aryl methyl sites for hydroxylation is 3. The molecule has 80 heavy (non-hydrogen) atoms. The van der Waals surface area contributed by atoms with Gasteiger partial charge in [-0.15, -0.1) is 0 Å². The molecule has 18 rings (SSSR count). The van der Waals surface area contributed by atoms with E-state index in [1.54, 1.807) is 0 Å². The Morgan fingerprint density at radius 1 is 0.412 bits per heavy atom. The molecule has 0 atom stereocenters. The third-order valence-corrected chi connectivity index (χ3v) is 18.1. The minimum absolute atomic E-state index is 0.0844. The molecule has 0 aliphatic carbocycles. The van der Waals surface area contributed by atoms with Crippen molar-refractivity contribution in [3.8, 4) is 39.7 Å². The highest BCUT2D eigenvalue weighted by Crippen LogP contribution is 2.49. The minimum atomic E-state index is -0.152. The fraction of sp³-hybridized carbons (Fsp3) is 0.0959. The van der Waals surface area contributed by atoms with Crippen LogP contribution in [0.3, 0.4) is 0 Å². The van der Waals surface area contributed by atoms with E-state index in [1.807, 2.05) is 0 Å². The number of hydrogen-bond acceptors (Lipinski definition) is 3. The second kappa shape index (κ2) is 15.3. The molecule has 378 valence electrons. The molecule has 0 N–H and O–H groups in total. The Hall–Kier alpha value is -9.72. The van der Waals surface area contributed by atoms with Crippen molar-refractivity contribution < 1.29 is 13.6 Å². The van der Waals surface area contributed by atoms with Gasteiger partial charge in [0.25, 0.3) is 6.71 Å². The first-order chi connectivity index (χ1) is 39.0. The van der Waals surface area contributed by atoms with Gasteiger partial charge in [0.1, 0.15) is 33.8 Å². The largest absolute Gasteiger partial charge is 0.458 e. The summed E-state index contributed by atoms with van der Waals surface area (Å²) in [7, 11) is 0. The van der Waals surface area contributed by atoms with Crippen LogP contribution in [0.4, 0.5) is 0 Å². The van der Waals surface area contributed by atoms with Crippen LogP contribution in [-0.2, 0) is 5.41 Å². The molecule has 0 radical (unpaired) electrons. The molecule has 2 aliphatic rings. The van der Waals surface area contributed by atoms with Gasteiger partial charge in [0.05, 0.1) is 43.9 Å². The second-order valence-corrected chi connectivity index (χ2v) is 23.8. The molecule has 11 aromatic carbocycles. The van der Waals surface area contributed by atoms with Gasteiger partial charge in [-0.25, -0.2) is 0 Å². The molecule has 0 saturated heterocycles. The van der Waals surface area contributed by atoms with E-state index in [0.717, 1.165) is 111 Å². The van der Waals surface area contributed by atoms with Gasteiger partial charge in [0.2, 0.25) is 0 Å². The van der Waals surface area contributed by atoms with E-state index in [4.69, 9.17) is 13.6 Å². The Labute approximate surface area is 460 Å². The molecule has 7 heteroatoms. The van der Waals surface area contributed by atoms with Crippen LogP contribution in [-0.4, -0.2) is 20.4 Å². The Kier molecular flexibility index (Phi) is 8.47. The van der Waals surface area contributed by atoms with Crippen molar-refractivity contribution in [2.45, 2.75) is 47.0 Å². The van der Waals surface area contributed by atoms with E-state index < -0.39 is 0 Å². The van der Waals surface area contributed by atoms with Gasteiger partial charge in [-0.2, -0.15) is 0 Å². The predicted octanol–water partition coefficient (Wildman–Crippen LogP) is 17.6. The van der Waals surface area contributed by atoms with Gasteiger partial charge < -0.3 is 27.3 Å². The van der Waals surface area contributed by atoms with Crippen LogP contribution < -0.4 is 21.1 Å². The summed E-state index contributed by atoms with van der Waals surface area (Å²) in [5.74, 6) is 1.78. The SMILES string of the molecule is Cc1cc(C)c(-c2cc3c4c(c2)-n2c5ccc6c7cc(-n8c9ccccc9c9ccccc98)ccc7oc6c5c5c6oc7ccc(-n8c9ccccc9c9ccccc98)cc7c6cc(c52)B4c2ccc(C(C)(C)C)cc2O3)c(C)c1. The van der Waals surface area contributed by atoms with Crippen molar-refractivity contribution in [1.29, 1.82) is 0 Å². The molecule has 0 saturated carbocycles. The maximum absolute atomic E-state index is 7.39. The lowest BCUT2D eigenvalue weighted by Crippen LogP contribution is -2.58. The summed E-state index contributed by atoms with van der Waals surface area (Å²) < 4.78 is 29.4. The van der Waals surface area contributed by atoms with E-state index in [2.05, 4.69) is 249 Å². The number of para-hydroxylation sites is 4. The second-order valence-electron chi connectivity index (χ2n) is 23.8. The predicted molar refractivity (Wildman–Crippen MR) is 334 cm³/mol. The number of nitrogens with zero attached hydrogens (tertiary/aromatic N) is 3. The Bertz CT molecular complexity index is 5370. The van der Waals surface area contributed by atoms with Crippen LogP contribution in [0.25, 0.3) is 137 Å². The lowest BCUT2D eigenvalue weighted by Gasteiger charge is -2.34. The third kappa shape index (κ3) is 5.73. The summed E-state index contributed by atoms with van der Waals surface area (Å²) in [5, 5.41) is 11.3. The molecule has 2 aliphatic heterocycles. The van der Waals surface area contributed by atoms with Crippen molar-refractivity contribution in [2.75, 3.05) is 0 Å². The zero-order valence-electron chi connectivity index (χ0n) is 45.1. The summed E-state index contributed by atoms with van der Waals surface area (Å²) in [6, 6.07) is 71.7. The van der Waals surface area contributed by atoms with E-state index >= 15 is 0 Å². The Morgan fingerprint density at radius 2 is 0.963 bits per heavy atom. The molecule has 0 spiro atoms. The number of rotatable bonds is 3. The summed E-state index contributed by atoms with van der Waals surface area (Å²) in [6.45, 7) is 13.4. The number of ether oxygens (including phenoxy) is 1. The standard InChI is InChI=1S/C73H50BN3O3/c1-39-31-40(2)66(41(3)32-39)42-33-61-69-65(34-42)78-64-35-43(73(4,5)6)23-27-54(64)74(69)55-38-53-52-37-45(76-58-21-13-9-17-48(58)49-18-10-14-22-59(49)76)25-30-63(52)80-72(53)68-67-60(77(61)70(55)68)28-26-50-51-36-44(24-29-62(51)79-71(50)67)75-56-19-11-7-15-46(56)47-16-8-12-20-57(47)75/h7-38H,1-6H3. The number of benzene rings is 11. The van der Waals surface area contributed by atoms with Crippen molar-refractivity contribution in [3.63, 3.8) is 0 Å². The summed E-state index contributed by atoms with van der Waals surface area (Å²) in [5.41, 5.74) is 24.3. The maximum atomic E-state index is 7.39. The van der Waals surface area contributed by atoms with E-state index in [9.17, 15) is 0 Å². The van der Waals surface area contributed by atoms with Crippen molar-refractivity contribution in [2.24, 2.45) is 0 Å². The normalized spacial score (nSPS) is 13.2. The van der Waals surface area contributed by atoms with Crippen LogP contribution >= 0.6 is 0 Å². The van der Waals surface area contributed by atoms with Gasteiger partial charge in [0.15, 0.2) is 0 Å². The monoisotopic (exact) mass is 1030 g/mol. The highest BCUT2D eigenvalue weighted by atomic mass is 16.5. The first-order valence-corrected chi connectivity index (χ1v) is 27.9. The zero-order valence-corrected chi connectivity index (χ0v) is 45.1. The van der Waals surface area contributed by atoms with E-state index in [-0.39, 0.29) is 12.1 Å². The number of fused-ring (bicyclic) bond motifs is 21. The molecule has 0 amide bonds. The van der Waals surface area contributed by atoms with Crippen molar-refractivity contribution in [3.05, 3.63) is 216 Å². The van der Waals surface area contributed by atoms with Crippen LogP contribution in [0.15, 0.2) is 203 Å². The third-order valence-electron chi connectivity index (χ3n) is 18.1. The Balaban J connectivity index is 0.985. The maximum Gasteiger partial charge on any atom is 0.256 e. The molecular weight excluding hydrogens is 978 g/mol. The van der Waals surface area contributed by atoms with Gasteiger partial charge in [-0.05, 0) is 161 Å². The molecule has 16 aromatic rings. The van der Waals surface area contributed by atoms with Gasteiger partial charge in [0, 0.05) is 60.2 Å². The summed E-state index contributed by atoms with van der Waals surface area (Å²) in [4.78, 5) is 0. The summed E-state index contributed by atoms with van der Waals surface area (Å²) in [6.07, 6.45) is 0. The molecule has 6 nitrogen and oxygen atoms in total.